The van der Waals surface area contributed by atoms with Gasteiger partial charge in [0.25, 0.3) is 0 Å². The zero-order valence-corrected chi connectivity index (χ0v) is 35.2. The molecule has 1 heteroatoms. The molecule has 0 radical (unpaired) electrons. The van der Waals surface area contributed by atoms with Gasteiger partial charge in [-0.2, -0.15) is 0 Å². The smallest absolute Gasteiger partial charge is 0.0540 e. The molecule has 0 aliphatic heterocycles. The van der Waals surface area contributed by atoms with E-state index in [0.717, 1.165) is 17.1 Å². The Morgan fingerprint density at radius 2 is 0.689 bits per heavy atom. The first kappa shape index (κ1) is 36.8. The largest absolute Gasteiger partial charge is 0.309 e. The molecule has 0 bridgehead atoms. The maximum atomic E-state index is 2.49. The summed E-state index contributed by atoms with van der Waals surface area (Å²) in [6.45, 7) is 9.50. The molecule has 0 saturated heterocycles. The van der Waals surface area contributed by atoms with Crippen LogP contribution in [0.4, 0.5) is 17.1 Å². The minimum atomic E-state index is -0.162. The number of benzene rings is 9. The van der Waals surface area contributed by atoms with E-state index in [1.807, 2.05) is 0 Å². The van der Waals surface area contributed by atoms with Gasteiger partial charge >= 0.3 is 0 Å². The fourth-order valence-electron chi connectivity index (χ4n) is 10.4. The average Bonchev–Trinajstić information content (AvgIpc) is 3.69. The third-order valence-corrected chi connectivity index (χ3v) is 13.5. The van der Waals surface area contributed by atoms with E-state index in [1.54, 1.807) is 0 Å². The second kappa shape index (κ2) is 14.2. The van der Waals surface area contributed by atoms with Crippen LogP contribution in [0.5, 0.6) is 0 Å². The van der Waals surface area contributed by atoms with Gasteiger partial charge in [-0.05, 0) is 108 Å². The van der Waals surface area contributed by atoms with Crippen molar-refractivity contribution < 1.29 is 0 Å². The standard InChI is InChI=1S/C60H47N/c1-59(2)53-25-12-8-20-47(53)49-38-35-44(39-55(49)59)46-19-10-14-27-56(46)61(45-36-33-43(34-37-45)42-31-29-41(30-32-42)40-17-6-5-7-18-40)57-28-15-11-22-50(57)52-24-16-23-51-48-21-9-13-26-54(48)60(3,4)58(51)52/h5-39H,1-4H3. The summed E-state index contributed by atoms with van der Waals surface area (Å²) in [4.78, 5) is 2.49. The minimum absolute atomic E-state index is 0.101. The molecule has 0 unspecified atom stereocenters. The molecule has 0 aromatic heterocycles. The molecular weight excluding hydrogens is 735 g/mol. The summed E-state index contributed by atoms with van der Waals surface area (Å²) in [5.41, 5.74) is 23.7. The summed E-state index contributed by atoms with van der Waals surface area (Å²) in [5.74, 6) is 0. The van der Waals surface area contributed by atoms with Crippen LogP contribution in [0.25, 0.3) is 66.8 Å². The molecule has 1 nitrogen and oxygen atoms in total. The lowest BCUT2D eigenvalue weighted by molar-refractivity contribution is 0.660. The Hall–Kier alpha value is -7.22. The van der Waals surface area contributed by atoms with Gasteiger partial charge in [-0.15, -0.1) is 0 Å². The molecule has 0 spiro atoms. The van der Waals surface area contributed by atoms with Crippen LogP contribution < -0.4 is 4.90 Å². The monoisotopic (exact) mass is 781 g/mol. The van der Waals surface area contributed by atoms with Crippen LogP contribution in [-0.2, 0) is 10.8 Å². The molecular formula is C60H47N. The highest BCUT2D eigenvalue weighted by Gasteiger charge is 2.38. The summed E-state index contributed by atoms with van der Waals surface area (Å²) >= 11 is 0. The molecule has 9 aromatic carbocycles. The van der Waals surface area contributed by atoms with Gasteiger partial charge < -0.3 is 4.90 Å². The molecule has 0 N–H and O–H groups in total. The Labute approximate surface area is 360 Å². The van der Waals surface area contributed by atoms with E-state index in [0.29, 0.717) is 0 Å². The van der Waals surface area contributed by atoms with Crippen molar-refractivity contribution in [1.82, 2.24) is 0 Å². The third kappa shape index (κ3) is 5.91. The average molecular weight is 782 g/mol. The molecule has 0 atom stereocenters. The molecule has 9 aromatic rings. The SMILES string of the molecule is CC1(C)c2ccccc2-c2ccc(-c3ccccc3N(c3ccc(-c4ccc(-c5ccccc5)cc4)cc3)c3ccccc3-c3cccc4c3C(C)(C)c3ccccc3-4)cc21. The van der Waals surface area contributed by atoms with Gasteiger partial charge in [0.1, 0.15) is 0 Å². The van der Waals surface area contributed by atoms with Crippen LogP contribution in [0, 0.1) is 0 Å². The maximum absolute atomic E-state index is 2.49. The second-order valence-corrected chi connectivity index (χ2v) is 17.7. The Morgan fingerprint density at radius 1 is 0.279 bits per heavy atom. The summed E-state index contributed by atoms with van der Waals surface area (Å²) in [7, 11) is 0. The first-order valence-corrected chi connectivity index (χ1v) is 21.5. The van der Waals surface area contributed by atoms with Crippen LogP contribution in [0.2, 0.25) is 0 Å². The Kier molecular flexibility index (Phi) is 8.58. The zero-order chi connectivity index (χ0) is 41.3. The normalized spacial score (nSPS) is 13.8. The molecule has 0 heterocycles. The maximum Gasteiger partial charge on any atom is 0.0540 e. The summed E-state index contributed by atoms with van der Waals surface area (Å²) in [5, 5.41) is 0. The topological polar surface area (TPSA) is 3.24 Å². The van der Waals surface area contributed by atoms with Crippen LogP contribution in [0.15, 0.2) is 212 Å². The highest BCUT2D eigenvalue weighted by molar-refractivity contribution is 5.97. The molecule has 61 heavy (non-hydrogen) atoms. The molecule has 0 fully saturated rings. The van der Waals surface area contributed by atoms with Crippen LogP contribution in [0.3, 0.4) is 0 Å². The van der Waals surface area contributed by atoms with Crippen molar-refractivity contribution >= 4 is 17.1 Å². The predicted molar refractivity (Wildman–Crippen MR) is 258 cm³/mol. The molecule has 0 saturated carbocycles. The third-order valence-electron chi connectivity index (χ3n) is 13.5. The molecule has 11 rings (SSSR count). The van der Waals surface area contributed by atoms with E-state index >= 15 is 0 Å². The number of nitrogens with zero attached hydrogens (tertiary/aromatic N) is 1. The number of fused-ring (bicyclic) bond motifs is 6. The van der Waals surface area contributed by atoms with Gasteiger partial charge in [0, 0.05) is 27.6 Å². The highest BCUT2D eigenvalue weighted by Crippen LogP contribution is 2.55. The lowest BCUT2D eigenvalue weighted by atomic mass is 9.78. The molecule has 2 aliphatic carbocycles. The van der Waals surface area contributed by atoms with Crippen LogP contribution >= 0.6 is 0 Å². The Morgan fingerprint density at radius 3 is 1.33 bits per heavy atom. The predicted octanol–water partition coefficient (Wildman–Crippen LogP) is 16.4. The highest BCUT2D eigenvalue weighted by atomic mass is 15.1. The first-order chi connectivity index (χ1) is 29.8. The van der Waals surface area contributed by atoms with Gasteiger partial charge in [0.2, 0.25) is 0 Å². The van der Waals surface area contributed by atoms with Crippen molar-refractivity contribution in [3.63, 3.8) is 0 Å². The summed E-state index contributed by atoms with van der Waals surface area (Å²) in [6, 6.07) is 78.5. The van der Waals surface area contributed by atoms with Gasteiger partial charge in [-0.3, -0.25) is 0 Å². The van der Waals surface area contributed by atoms with E-state index in [-0.39, 0.29) is 10.8 Å². The van der Waals surface area contributed by atoms with Crippen molar-refractivity contribution in [3.05, 3.63) is 235 Å². The summed E-state index contributed by atoms with van der Waals surface area (Å²) < 4.78 is 0. The van der Waals surface area contributed by atoms with Gasteiger partial charge in [-0.25, -0.2) is 0 Å². The van der Waals surface area contributed by atoms with E-state index < -0.39 is 0 Å². The van der Waals surface area contributed by atoms with E-state index in [4.69, 9.17) is 0 Å². The summed E-state index contributed by atoms with van der Waals surface area (Å²) in [6.07, 6.45) is 0. The Balaban J connectivity index is 1.08. The van der Waals surface area contributed by atoms with Crippen molar-refractivity contribution in [2.24, 2.45) is 0 Å². The van der Waals surface area contributed by atoms with Crippen molar-refractivity contribution in [2.75, 3.05) is 4.90 Å². The van der Waals surface area contributed by atoms with Crippen LogP contribution in [-0.4, -0.2) is 0 Å². The van der Waals surface area contributed by atoms with Gasteiger partial charge in [-0.1, -0.05) is 210 Å². The quantitative estimate of drug-likeness (QED) is 0.156. The van der Waals surface area contributed by atoms with Crippen LogP contribution in [0.1, 0.15) is 49.9 Å². The molecule has 0 amide bonds. The zero-order valence-electron chi connectivity index (χ0n) is 35.2. The van der Waals surface area contributed by atoms with Gasteiger partial charge in [0.15, 0.2) is 0 Å². The van der Waals surface area contributed by atoms with E-state index in [1.165, 1.54) is 89.0 Å². The minimum Gasteiger partial charge on any atom is -0.309 e. The fraction of sp³-hybridized carbons (Fsp3) is 0.100. The van der Waals surface area contributed by atoms with Gasteiger partial charge in [0.05, 0.1) is 11.4 Å². The number of rotatable bonds is 7. The molecule has 292 valence electrons. The lowest BCUT2D eigenvalue weighted by Crippen LogP contribution is -2.17. The fourth-order valence-corrected chi connectivity index (χ4v) is 10.4. The van der Waals surface area contributed by atoms with Crippen molar-refractivity contribution in [2.45, 2.75) is 38.5 Å². The number of para-hydroxylation sites is 2. The van der Waals surface area contributed by atoms with Crippen molar-refractivity contribution in [3.8, 4) is 66.8 Å². The number of hydrogen-bond acceptors (Lipinski definition) is 1. The Bertz CT molecular complexity index is 3110. The second-order valence-electron chi connectivity index (χ2n) is 17.7. The number of anilines is 3. The number of hydrogen-bond donors (Lipinski definition) is 0. The first-order valence-electron chi connectivity index (χ1n) is 21.5. The van der Waals surface area contributed by atoms with Crippen molar-refractivity contribution in [1.29, 1.82) is 0 Å². The lowest BCUT2D eigenvalue weighted by Gasteiger charge is -2.31. The molecule has 2 aliphatic rings. The van der Waals surface area contributed by atoms with E-state index in [9.17, 15) is 0 Å². The van der Waals surface area contributed by atoms with E-state index in [2.05, 4.69) is 245 Å².